The Labute approximate surface area is 112 Å². The number of hydrogen-bond donors (Lipinski definition) is 3. The summed E-state index contributed by atoms with van der Waals surface area (Å²) in [6.07, 6.45) is 0. The van der Waals surface area contributed by atoms with Gasteiger partial charge in [0.05, 0.1) is 11.5 Å². The molecule has 5 N–H and O–H groups in total. The minimum Gasteiger partial charge on any atom is -0.398 e. The monoisotopic (exact) mass is 287 g/mol. The normalized spacial score (nSPS) is 11.4. The van der Waals surface area contributed by atoms with E-state index in [9.17, 15) is 13.2 Å². The molecule has 0 bridgehead atoms. The summed E-state index contributed by atoms with van der Waals surface area (Å²) in [4.78, 5) is 10.5. The number of anilines is 1. The van der Waals surface area contributed by atoms with E-state index in [2.05, 4.69) is 4.72 Å². The minimum absolute atomic E-state index is 0.0455. The molecule has 0 aliphatic heterocycles. The summed E-state index contributed by atoms with van der Waals surface area (Å²) in [5.41, 5.74) is 11.4. The summed E-state index contributed by atoms with van der Waals surface area (Å²) in [6, 6.07) is 4.67. The van der Waals surface area contributed by atoms with Crippen LogP contribution in [0.2, 0.25) is 0 Å². The van der Waals surface area contributed by atoms with Crippen LogP contribution in [0.4, 0.5) is 5.69 Å². The molecule has 1 aromatic carbocycles. The number of hydrogen-bond acceptors (Lipinski definition) is 5. The maximum absolute atomic E-state index is 12.0. The first-order chi connectivity index (χ1) is 8.84. The lowest BCUT2D eigenvalue weighted by Crippen LogP contribution is -2.29. The summed E-state index contributed by atoms with van der Waals surface area (Å²) in [5.74, 6) is -0.602. The molecule has 0 spiro atoms. The third kappa shape index (κ3) is 4.51. The van der Waals surface area contributed by atoms with Gasteiger partial charge in [-0.1, -0.05) is 6.07 Å². The van der Waals surface area contributed by atoms with Crippen LogP contribution in [0, 0.1) is 6.92 Å². The Kier molecular flexibility index (Phi) is 5.28. The van der Waals surface area contributed by atoms with Gasteiger partial charge in [-0.2, -0.15) is 0 Å². The molecule has 1 rings (SSSR count). The molecule has 0 radical (unpaired) electrons. The number of benzene rings is 1. The van der Waals surface area contributed by atoms with Crippen LogP contribution in [0.3, 0.4) is 0 Å². The SMILES string of the molecule is Cc1c(N)cccc1S(=O)(=O)NCCOCC(N)=O. The van der Waals surface area contributed by atoms with Crippen molar-refractivity contribution >= 4 is 21.6 Å². The molecule has 0 saturated heterocycles. The molecule has 0 aromatic heterocycles. The van der Waals surface area contributed by atoms with Crippen LogP contribution in [0.5, 0.6) is 0 Å². The Bertz CT molecular complexity index is 557. The Hall–Kier alpha value is -1.64. The van der Waals surface area contributed by atoms with Gasteiger partial charge in [0.1, 0.15) is 6.61 Å². The number of nitrogen functional groups attached to an aromatic ring is 1. The van der Waals surface area contributed by atoms with Gasteiger partial charge in [-0.3, -0.25) is 4.79 Å². The Morgan fingerprint density at radius 2 is 2.11 bits per heavy atom. The highest BCUT2D eigenvalue weighted by atomic mass is 32.2. The molecule has 1 aromatic rings. The number of carbonyl (C=O) groups is 1. The van der Waals surface area contributed by atoms with Crippen LogP contribution in [0.25, 0.3) is 0 Å². The van der Waals surface area contributed by atoms with Gasteiger partial charge in [0.2, 0.25) is 15.9 Å². The second-order valence-electron chi connectivity index (χ2n) is 3.89. The first-order valence-electron chi connectivity index (χ1n) is 5.55. The second kappa shape index (κ2) is 6.50. The first-order valence-corrected chi connectivity index (χ1v) is 7.03. The van der Waals surface area contributed by atoms with Gasteiger partial charge in [0, 0.05) is 12.2 Å². The van der Waals surface area contributed by atoms with Crippen LogP contribution in [-0.4, -0.2) is 34.1 Å². The van der Waals surface area contributed by atoms with E-state index in [0.29, 0.717) is 11.3 Å². The van der Waals surface area contributed by atoms with Gasteiger partial charge in [-0.15, -0.1) is 0 Å². The van der Waals surface area contributed by atoms with Crippen molar-refractivity contribution in [3.05, 3.63) is 23.8 Å². The van der Waals surface area contributed by atoms with Gasteiger partial charge in [-0.05, 0) is 24.6 Å². The zero-order valence-corrected chi connectivity index (χ0v) is 11.4. The highest BCUT2D eigenvalue weighted by Gasteiger charge is 2.17. The van der Waals surface area contributed by atoms with E-state index in [1.54, 1.807) is 19.1 Å². The Morgan fingerprint density at radius 1 is 1.42 bits per heavy atom. The molecule has 1 amide bonds. The van der Waals surface area contributed by atoms with Crippen LogP contribution >= 0.6 is 0 Å². The van der Waals surface area contributed by atoms with E-state index in [4.69, 9.17) is 16.2 Å². The molecule has 19 heavy (non-hydrogen) atoms. The highest BCUT2D eigenvalue weighted by Crippen LogP contribution is 2.19. The number of carbonyl (C=O) groups excluding carboxylic acids is 1. The van der Waals surface area contributed by atoms with Crippen LogP contribution in [0.15, 0.2) is 23.1 Å². The van der Waals surface area contributed by atoms with Crippen LogP contribution in [0.1, 0.15) is 5.56 Å². The molecule has 0 atom stereocenters. The fraction of sp³-hybridized carbons (Fsp3) is 0.364. The lowest BCUT2D eigenvalue weighted by molar-refractivity contribution is -0.122. The number of sulfonamides is 1. The quantitative estimate of drug-likeness (QED) is 0.454. The maximum Gasteiger partial charge on any atom is 0.243 e. The van der Waals surface area contributed by atoms with Crippen molar-refractivity contribution in [3.8, 4) is 0 Å². The highest BCUT2D eigenvalue weighted by molar-refractivity contribution is 7.89. The molecule has 0 fully saturated rings. The summed E-state index contributed by atoms with van der Waals surface area (Å²) in [6.45, 7) is 1.50. The first kappa shape index (κ1) is 15.4. The van der Waals surface area contributed by atoms with Crippen molar-refractivity contribution < 1.29 is 17.9 Å². The van der Waals surface area contributed by atoms with E-state index in [1.807, 2.05) is 0 Å². The van der Waals surface area contributed by atoms with E-state index < -0.39 is 15.9 Å². The average molecular weight is 287 g/mol. The van der Waals surface area contributed by atoms with Gasteiger partial charge in [0.25, 0.3) is 0 Å². The van der Waals surface area contributed by atoms with E-state index in [1.165, 1.54) is 6.07 Å². The second-order valence-corrected chi connectivity index (χ2v) is 5.62. The number of rotatable bonds is 7. The minimum atomic E-state index is -3.64. The number of primary amides is 1. The molecule has 0 heterocycles. The number of nitrogens with one attached hydrogen (secondary N) is 1. The Balaban J connectivity index is 2.61. The van der Waals surface area contributed by atoms with Crippen molar-refractivity contribution in [2.45, 2.75) is 11.8 Å². The topological polar surface area (TPSA) is 125 Å². The van der Waals surface area contributed by atoms with Crippen molar-refractivity contribution in [3.63, 3.8) is 0 Å². The number of amides is 1. The zero-order valence-electron chi connectivity index (χ0n) is 10.5. The lowest BCUT2D eigenvalue weighted by atomic mass is 10.2. The van der Waals surface area contributed by atoms with Crippen molar-refractivity contribution in [2.24, 2.45) is 5.73 Å². The largest absolute Gasteiger partial charge is 0.398 e. The smallest absolute Gasteiger partial charge is 0.243 e. The molecular weight excluding hydrogens is 270 g/mol. The van der Waals surface area contributed by atoms with Crippen molar-refractivity contribution in [1.29, 1.82) is 0 Å². The molecule has 0 unspecified atom stereocenters. The van der Waals surface area contributed by atoms with Crippen LogP contribution in [-0.2, 0) is 19.6 Å². The molecule has 8 heteroatoms. The molecule has 0 aliphatic carbocycles. The summed E-state index contributed by atoms with van der Waals surface area (Å²) in [7, 11) is -3.64. The van der Waals surface area contributed by atoms with Gasteiger partial charge in [0.15, 0.2) is 0 Å². The summed E-state index contributed by atoms with van der Waals surface area (Å²) in [5, 5.41) is 0. The molecule has 0 aliphatic rings. The fourth-order valence-electron chi connectivity index (χ4n) is 1.42. The number of ether oxygens (including phenoxy) is 1. The molecule has 7 nitrogen and oxygen atoms in total. The third-order valence-corrected chi connectivity index (χ3v) is 4.00. The predicted molar refractivity (Wildman–Crippen MR) is 70.8 cm³/mol. The lowest BCUT2D eigenvalue weighted by Gasteiger charge is -2.10. The van der Waals surface area contributed by atoms with E-state index >= 15 is 0 Å². The van der Waals surface area contributed by atoms with Crippen molar-refractivity contribution in [1.82, 2.24) is 4.72 Å². The third-order valence-electron chi connectivity index (χ3n) is 2.40. The predicted octanol–water partition coefficient (Wildman–Crippen LogP) is -0.643. The van der Waals surface area contributed by atoms with Crippen LogP contribution < -0.4 is 16.2 Å². The molecule has 106 valence electrons. The standard InChI is InChI=1S/C11H17N3O4S/c1-8-9(12)3-2-4-10(8)19(16,17)14-5-6-18-7-11(13)15/h2-4,14H,5-7,12H2,1H3,(H2,13,15). The van der Waals surface area contributed by atoms with Gasteiger partial charge >= 0.3 is 0 Å². The fourth-order valence-corrected chi connectivity index (χ4v) is 2.71. The molecule has 0 saturated carbocycles. The zero-order chi connectivity index (χ0) is 14.5. The summed E-state index contributed by atoms with van der Waals surface area (Å²) >= 11 is 0. The van der Waals surface area contributed by atoms with E-state index in [-0.39, 0.29) is 24.7 Å². The van der Waals surface area contributed by atoms with Crippen molar-refractivity contribution in [2.75, 3.05) is 25.5 Å². The Morgan fingerprint density at radius 3 is 2.74 bits per heavy atom. The summed E-state index contributed by atoms with van der Waals surface area (Å²) < 4.78 is 31.2. The maximum atomic E-state index is 12.0. The molecular formula is C11H17N3O4S. The van der Waals surface area contributed by atoms with Gasteiger partial charge in [-0.25, -0.2) is 13.1 Å². The van der Waals surface area contributed by atoms with E-state index in [0.717, 1.165) is 0 Å². The number of nitrogens with two attached hydrogens (primary N) is 2. The van der Waals surface area contributed by atoms with Gasteiger partial charge < -0.3 is 16.2 Å². The average Bonchev–Trinajstić information content (AvgIpc) is 2.31.